The van der Waals surface area contributed by atoms with E-state index in [1.807, 2.05) is 4.57 Å². The number of nitrogens with zero attached hydrogens (tertiary/aromatic N) is 2. The maximum Gasteiger partial charge on any atom is 0.123 e. The summed E-state index contributed by atoms with van der Waals surface area (Å²) in [6.45, 7) is 4.16. The van der Waals surface area contributed by atoms with E-state index in [2.05, 4.69) is 46.9 Å². The summed E-state index contributed by atoms with van der Waals surface area (Å²) in [6.07, 6.45) is 1.79. The highest BCUT2D eigenvalue weighted by atomic mass is 79.9. The summed E-state index contributed by atoms with van der Waals surface area (Å²) >= 11 is 3.42. The van der Waals surface area contributed by atoms with Gasteiger partial charge in [-0.05, 0) is 60.9 Å². The quantitative estimate of drug-likeness (QED) is 0.623. The molecule has 0 aliphatic rings. The first kappa shape index (κ1) is 13.3. The van der Waals surface area contributed by atoms with Crippen molar-refractivity contribution in [2.75, 3.05) is 0 Å². The van der Waals surface area contributed by atoms with Crippen LogP contribution in [0.5, 0.6) is 0 Å². The zero-order chi connectivity index (χ0) is 14.3. The third-order valence-corrected chi connectivity index (χ3v) is 4.21. The van der Waals surface area contributed by atoms with Crippen molar-refractivity contribution in [3.8, 4) is 5.69 Å². The van der Waals surface area contributed by atoms with Gasteiger partial charge in [0.1, 0.15) is 12.1 Å². The maximum absolute atomic E-state index is 13.4. The van der Waals surface area contributed by atoms with E-state index in [1.54, 1.807) is 18.5 Å². The average Bonchev–Trinajstić information content (AvgIpc) is 2.82. The molecule has 0 unspecified atom stereocenters. The van der Waals surface area contributed by atoms with Gasteiger partial charge in [0.15, 0.2) is 0 Å². The van der Waals surface area contributed by atoms with Crippen LogP contribution in [-0.4, -0.2) is 9.55 Å². The Hall–Kier alpha value is -1.68. The molecular formula is C16H14BrFN2. The molecule has 3 aromatic rings. The Morgan fingerprint density at radius 2 is 1.90 bits per heavy atom. The molecule has 1 heterocycles. The van der Waals surface area contributed by atoms with Gasteiger partial charge in [-0.1, -0.05) is 15.9 Å². The Bertz CT molecular complexity index is 793. The van der Waals surface area contributed by atoms with E-state index in [-0.39, 0.29) is 5.82 Å². The minimum Gasteiger partial charge on any atom is -0.299 e. The highest BCUT2D eigenvalue weighted by molar-refractivity contribution is 9.08. The van der Waals surface area contributed by atoms with Gasteiger partial charge in [-0.2, -0.15) is 0 Å². The van der Waals surface area contributed by atoms with E-state index in [1.165, 1.54) is 17.2 Å². The van der Waals surface area contributed by atoms with Crippen molar-refractivity contribution in [2.24, 2.45) is 0 Å². The SMILES string of the molecule is Cc1cc2ncn(-c3ccc(F)cc3CBr)c2cc1C. The number of fused-ring (bicyclic) bond motifs is 1. The second kappa shape index (κ2) is 5.02. The molecule has 3 rings (SSSR count). The molecular weight excluding hydrogens is 319 g/mol. The monoisotopic (exact) mass is 332 g/mol. The van der Waals surface area contributed by atoms with Gasteiger partial charge in [-0.25, -0.2) is 9.37 Å². The van der Waals surface area contributed by atoms with Gasteiger partial charge < -0.3 is 0 Å². The maximum atomic E-state index is 13.4. The highest BCUT2D eigenvalue weighted by Gasteiger charge is 2.10. The van der Waals surface area contributed by atoms with Crippen molar-refractivity contribution in [2.45, 2.75) is 19.2 Å². The molecule has 4 heteroatoms. The first-order valence-corrected chi connectivity index (χ1v) is 7.51. The van der Waals surface area contributed by atoms with Crippen molar-refractivity contribution >= 4 is 27.0 Å². The number of hydrogen-bond donors (Lipinski definition) is 0. The molecule has 0 saturated heterocycles. The van der Waals surface area contributed by atoms with E-state index in [9.17, 15) is 4.39 Å². The lowest BCUT2D eigenvalue weighted by molar-refractivity contribution is 0.626. The molecule has 1 aromatic heterocycles. The van der Waals surface area contributed by atoms with Crippen LogP contribution in [0, 0.1) is 19.7 Å². The number of aromatic nitrogens is 2. The molecule has 0 radical (unpaired) electrons. The molecule has 2 nitrogen and oxygen atoms in total. The fourth-order valence-corrected chi connectivity index (χ4v) is 2.80. The van der Waals surface area contributed by atoms with Crippen LogP contribution >= 0.6 is 15.9 Å². The number of hydrogen-bond acceptors (Lipinski definition) is 1. The lowest BCUT2D eigenvalue weighted by Crippen LogP contribution is -1.98. The van der Waals surface area contributed by atoms with E-state index in [0.29, 0.717) is 5.33 Å². The summed E-state index contributed by atoms with van der Waals surface area (Å²) in [6, 6.07) is 9.03. The van der Waals surface area contributed by atoms with Crippen LogP contribution in [0.2, 0.25) is 0 Å². The Kier molecular flexibility index (Phi) is 3.34. The second-order valence-electron chi connectivity index (χ2n) is 4.95. The van der Waals surface area contributed by atoms with Crippen LogP contribution in [0.25, 0.3) is 16.7 Å². The van der Waals surface area contributed by atoms with Gasteiger partial charge in [0, 0.05) is 5.33 Å². The van der Waals surface area contributed by atoms with Crippen molar-refractivity contribution in [1.29, 1.82) is 0 Å². The number of alkyl halides is 1. The number of imidazole rings is 1. The van der Waals surface area contributed by atoms with Gasteiger partial charge in [0.25, 0.3) is 0 Å². The molecule has 0 spiro atoms. The first-order valence-electron chi connectivity index (χ1n) is 6.39. The number of halogens is 2. The Labute approximate surface area is 125 Å². The molecule has 0 amide bonds. The van der Waals surface area contributed by atoms with Crippen LogP contribution in [0.15, 0.2) is 36.7 Å². The predicted octanol–water partition coefficient (Wildman–Crippen LogP) is 4.68. The molecule has 0 bridgehead atoms. The van der Waals surface area contributed by atoms with Gasteiger partial charge in [-0.3, -0.25) is 4.57 Å². The number of rotatable bonds is 2. The standard InChI is InChI=1S/C16H14BrFN2/c1-10-5-14-16(6-11(10)2)20(9-19-14)15-4-3-13(18)7-12(15)8-17/h3-7,9H,8H2,1-2H3. The first-order chi connectivity index (χ1) is 9.60. The summed E-state index contributed by atoms with van der Waals surface area (Å²) in [5, 5.41) is 0.602. The molecule has 0 aliphatic heterocycles. The fourth-order valence-electron chi connectivity index (χ4n) is 2.35. The van der Waals surface area contributed by atoms with E-state index < -0.39 is 0 Å². The summed E-state index contributed by atoms with van der Waals surface area (Å²) in [7, 11) is 0. The second-order valence-corrected chi connectivity index (χ2v) is 5.51. The minimum absolute atomic E-state index is 0.223. The molecule has 2 aromatic carbocycles. The van der Waals surface area contributed by atoms with Crippen LogP contribution in [0.3, 0.4) is 0 Å². The zero-order valence-corrected chi connectivity index (χ0v) is 12.9. The van der Waals surface area contributed by atoms with E-state index in [0.717, 1.165) is 22.3 Å². The summed E-state index contributed by atoms with van der Waals surface area (Å²) in [5.74, 6) is -0.223. The molecule has 0 N–H and O–H groups in total. The summed E-state index contributed by atoms with van der Waals surface area (Å²) in [4.78, 5) is 4.45. The van der Waals surface area contributed by atoms with Gasteiger partial charge in [-0.15, -0.1) is 0 Å². The van der Waals surface area contributed by atoms with Crippen molar-refractivity contribution in [3.63, 3.8) is 0 Å². The Morgan fingerprint density at radius 3 is 2.65 bits per heavy atom. The molecule has 0 fully saturated rings. The Balaban J connectivity index is 2.27. The van der Waals surface area contributed by atoms with Gasteiger partial charge >= 0.3 is 0 Å². The summed E-state index contributed by atoms with van der Waals surface area (Å²) < 4.78 is 15.4. The number of aryl methyl sites for hydroxylation is 2. The third-order valence-electron chi connectivity index (χ3n) is 3.61. The lowest BCUT2D eigenvalue weighted by Gasteiger charge is -2.10. The fraction of sp³-hybridized carbons (Fsp3) is 0.188. The van der Waals surface area contributed by atoms with E-state index in [4.69, 9.17) is 0 Å². The van der Waals surface area contributed by atoms with Crippen LogP contribution in [0.4, 0.5) is 4.39 Å². The smallest absolute Gasteiger partial charge is 0.123 e. The normalized spacial score (nSPS) is 11.2. The van der Waals surface area contributed by atoms with Crippen molar-refractivity contribution in [1.82, 2.24) is 9.55 Å². The van der Waals surface area contributed by atoms with Gasteiger partial charge in [0.05, 0.1) is 16.7 Å². The van der Waals surface area contributed by atoms with Crippen molar-refractivity contribution < 1.29 is 4.39 Å². The Morgan fingerprint density at radius 1 is 1.15 bits per heavy atom. The van der Waals surface area contributed by atoms with E-state index >= 15 is 0 Å². The van der Waals surface area contributed by atoms with Crippen molar-refractivity contribution in [3.05, 3.63) is 59.2 Å². The molecule has 20 heavy (non-hydrogen) atoms. The zero-order valence-electron chi connectivity index (χ0n) is 11.3. The van der Waals surface area contributed by atoms with Crippen LogP contribution < -0.4 is 0 Å². The molecule has 0 aliphatic carbocycles. The average molecular weight is 333 g/mol. The number of benzene rings is 2. The molecule has 0 saturated carbocycles. The largest absolute Gasteiger partial charge is 0.299 e. The topological polar surface area (TPSA) is 17.8 Å². The van der Waals surface area contributed by atoms with Gasteiger partial charge in [0.2, 0.25) is 0 Å². The lowest BCUT2D eigenvalue weighted by atomic mass is 10.1. The summed E-state index contributed by atoms with van der Waals surface area (Å²) in [5.41, 5.74) is 6.31. The highest BCUT2D eigenvalue weighted by Crippen LogP contribution is 2.25. The molecule has 0 atom stereocenters. The van der Waals surface area contributed by atoms with Crippen LogP contribution in [0.1, 0.15) is 16.7 Å². The minimum atomic E-state index is -0.223. The van der Waals surface area contributed by atoms with Crippen LogP contribution in [-0.2, 0) is 5.33 Å². The predicted molar refractivity (Wildman–Crippen MR) is 83.1 cm³/mol. The molecule has 102 valence electrons. The third kappa shape index (κ3) is 2.14.